The zero-order valence-electron chi connectivity index (χ0n) is 30.3. The maximum absolute atomic E-state index is 6.58. The average Bonchev–Trinajstić information content (AvgIpc) is 3.47. The maximum Gasteiger partial charge on any atom is 0.168 e. The van der Waals surface area contributed by atoms with Crippen LogP contribution in [0.4, 0.5) is 0 Å². The number of allylic oxidation sites excluding steroid dienone is 12. The van der Waals surface area contributed by atoms with Crippen LogP contribution in [-0.2, 0) is 13.7 Å². The molecule has 0 N–H and O–H groups in total. The van der Waals surface area contributed by atoms with E-state index in [1.54, 1.807) is 0 Å². The second-order valence-electron chi connectivity index (χ2n) is 12.7. The van der Waals surface area contributed by atoms with E-state index in [1.165, 1.54) is 89.1 Å². The maximum atomic E-state index is 6.58. The number of ether oxygens (including phenoxy) is 2. The fourth-order valence-electron chi connectivity index (χ4n) is 5.66. The highest BCUT2D eigenvalue weighted by Gasteiger charge is 2.40. The van der Waals surface area contributed by atoms with Crippen LogP contribution in [0, 0.1) is 0 Å². The van der Waals surface area contributed by atoms with E-state index >= 15 is 0 Å². The van der Waals surface area contributed by atoms with E-state index in [0.29, 0.717) is 6.61 Å². The first-order valence-corrected chi connectivity index (χ1v) is 20.3. The van der Waals surface area contributed by atoms with E-state index in [9.17, 15) is 0 Å². The Hall–Kier alpha value is -1.33. The second-order valence-corrected chi connectivity index (χ2v) is 13.3. The number of hydrogen-bond acceptors (Lipinski definition) is 4. The molecule has 0 aliphatic carbocycles. The molecule has 4 heteroatoms. The molecule has 46 heavy (non-hydrogen) atoms. The molecule has 0 bridgehead atoms. The van der Waals surface area contributed by atoms with Crippen LogP contribution in [0.3, 0.4) is 0 Å². The van der Waals surface area contributed by atoms with Crippen molar-refractivity contribution in [2.24, 2.45) is 0 Å². The molecule has 264 valence electrons. The standard InChI is InChI=1S/C42H72O3S/c1-4-6-8-10-12-14-16-18-20-22-24-26-28-30-32-34-37-42(43-40-41(45-42)36-39-44-46-3)38-35-33-31-29-27-25-23-21-19-17-15-13-11-9-7-5-2/h12-15,18-21,24-27,41H,4-11,16-17,22-23,28-40H2,1-3H3/b14-12-,15-13-,20-18-,21-19-,26-24-,27-25-. The van der Waals surface area contributed by atoms with Crippen molar-refractivity contribution < 1.29 is 13.7 Å². The van der Waals surface area contributed by atoms with Crippen LogP contribution in [0.25, 0.3) is 0 Å². The van der Waals surface area contributed by atoms with Crippen LogP contribution in [0.5, 0.6) is 0 Å². The number of hydrogen-bond donors (Lipinski definition) is 0. The highest BCUT2D eigenvalue weighted by atomic mass is 32.2. The molecule has 3 nitrogen and oxygen atoms in total. The number of rotatable bonds is 32. The molecular formula is C42H72O3S. The Labute approximate surface area is 290 Å². The molecule has 1 saturated heterocycles. The number of unbranched alkanes of at least 4 members (excludes halogenated alkanes) is 12. The SMILES string of the molecule is CCCCC/C=C\C/C=C\C/C=C\CCCCCC1(CCCCC/C=C\C/C=C\C/C=C\CCCCC)OCC(CCOSC)O1. The van der Waals surface area contributed by atoms with E-state index < -0.39 is 0 Å². The van der Waals surface area contributed by atoms with E-state index in [4.69, 9.17) is 13.7 Å². The van der Waals surface area contributed by atoms with Crippen LogP contribution < -0.4 is 0 Å². The molecule has 0 radical (unpaired) electrons. The Morgan fingerprint density at radius 2 is 0.978 bits per heavy atom. The van der Waals surface area contributed by atoms with Crippen molar-refractivity contribution in [3.8, 4) is 0 Å². The summed E-state index contributed by atoms with van der Waals surface area (Å²) in [6.45, 7) is 5.94. The van der Waals surface area contributed by atoms with Crippen molar-refractivity contribution in [3.05, 3.63) is 72.9 Å². The van der Waals surface area contributed by atoms with Gasteiger partial charge in [-0.2, -0.15) is 0 Å². The lowest BCUT2D eigenvalue weighted by Crippen LogP contribution is -2.31. The van der Waals surface area contributed by atoms with Gasteiger partial charge in [0.05, 0.1) is 19.3 Å². The lowest BCUT2D eigenvalue weighted by atomic mass is 9.99. The lowest BCUT2D eigenvalue weighted by molar-refractivity contribution is -0.180. The second kappa shape index (κ2) is 33.6. The highest BCUT2D eigenvalue weighted by molar-refractivity contribution is 7.93. The fraction of sp³-hybridized carbons (Fsp3) is 0.714. The Morgan fingerprint density at radius 1 is 0.565 bits per heavy atom. The molecule has 0 aromatic rings. The molecular weight excluding hydrogens is 585 g/mol. The first-order valence-electron chi connectivity index (χ1n) is 19.1. The van der Waals surface area contributed by atoms with E-state index in [1.807, 2.05) is 6.26 Å². The summed E-state index contributed by atoms with van der Waals surface area (Å²) in [4.78, 5) is 0. The van der Waals surface area contributed by atoms with E-state index in [0.717, 1.165) is 77.2 Å². The molecule has 1 fully saturated rings. The van der Waals surface area contributed by atoms with Gasteiger partial charge < -0.3 is 13.7 Å². The van der Waals surface area contributed by atoms with Crippen molar-refractivity contribution in [1.82, 2.24) is 0 Å². The van der Waals surface area contributed by atoms with Gasteiger partial charge in [0.2, 0.25) is 0 Å². The van der Waals surface area contributed by atoms with Gasteiger partial charge in [-0.05, 0) is 102 Å². The van der Waals surface area contributed by atoms with Gasteiger partial charge in [0, 0.05) is 25.5 Å². The van der Waals surface area contributed by atoms with Crippen LogP contribution >= 0.6 is 12.0 Å². The van der Waals surface area contributed by atoms with Crippen LogP contribution in [-0.4, -0.2) is 31.4 Å². The first kappa shape index (κ1) is 42.7. The minimum absolute atomic E-state index is 0.159. The normalized spacial score (nSPS) is 17.2. The zero-order chi connectivity index (χ0) is 33.1. The Bertz CT molecular complexity index is 771. The van der Waals surface area contributed by atoms with Crippen molar-refractivity contribution in [1.29, 1.82) is 0 Å². The Balaban J connectivity index is 2.23. The minimum atomic E-state index is -0.389. The molecule has 1 rings (SSSR count). The zero-order valence-corrected chi connectivity index (χ0v) is 31.1. The van der Waals surface area contributed by atoms with Gasteiger partial charge in [0.25, 0.3) is 0 Å². The fourth-order valence-corrected chi connectivity index (χ4v) is 5.92. The molecule has 0 amide bonds. The summed E-state index contributed by atoms with van der Waals surface area (Å²) in [5.74, 6) is -0.389. The largest absolute Gasteiger partial charge is 0.347 e. The lowest BCUT2D eigenvalue weighted by Gasteiger charge is -2.28. The van der Waals surface area contributed by atoms with Gasteiger partial charge in [-0.15, -0.1) is 0 Å². The molecule has 1 aliphatic rings. The van der Waals surface area contributed by atoms with Crippen molar-refractivity contribution in [3.63, 3.8) is 0 Å². The summed E-state index contributed by atoms with van der Waals surface area (Å²) in [6, 6.07) is 0. The molecule has 0 spiro atoms. The van der Waals surface area contributed by atoms with Crippen molar-refractivity contribution >= 4 is 12.0 Å². The summed E-state index contributed by atoms with van der Waals surface area (Å²) >= 11 is 1.43. The summed E-state index contributed by atoms with van der Waals surface area (Å²) in [6.07, 6.45) is 57.0. The quantitative estimate of drug-likeness (QED) is 0.0409. The smallest absolute Gasteiger partial charge is 0.168 e. The van der Waals surface area contributed by atoms with Crippen LogP contribution in [0.1, 0.15) is 162 Å². The molecule has 0 saturated carbocycles. The third-order valence-electron chi connectivity index (χ3n) is 8.45. The van der Waals surface area contributed by atoms with Gasteiger partial charge in [-0.1, -0.05) is 125 Å². The average molecular weight is 657 g/mol. The molecule has 0 aromatic heterocycles. The third-order valence-corrected chi connectivity index (χ3v) is 8.85. The predicted molar refractivity (Wildman–Crippen MR) is 205 cm³/mol. The minimum Gasteiger partial charge on any atom is -0.347 e. The molecule has 1 heterocycles. The monoisotopic (exact) mass is 657 g/mol. The molecule has 1 aliphatic heterocycles. The van der Waals surface area contributed by atoms with Gasteiger partial charge in [-0.3, -0.25) is 0 Å². The van der Waals surface area contributed by atoms with Crippen molar-refractivity contribution in [2.45, 2.75) is 173 Å². The van der Waals surface area contributed by atoms with Gasteiger partial charge in [-0.25, -0.2) is 0 Å². The summed E-state index contributed by atoms with van der Waals surface area (Å²) in [5, 5.41) is 0. The van der Waals surface area contributed by atoms with Gasteiger partial charge in [0.15, 0.2) is 5.79 Å². The van der Waals surface area contributed by atoms with Crippen LogP contribution in [0.2, 0.25) is 0 Å². The van der Waals surface area contributed by atoms with Gasteiger partial charge in [0.1, 0.15) is 0 Å². The Kier molecular flexibility index (Phi) is 31.2. The molecule has 1 unspecified atom stereocenters. The van der Waals surface area contributed by atoms with Crippen LogP contribution in [0.15, 0.2) is 72.9 Å². The van der Waals surface area contributed by atoms with Gasteiger partial charge >= 0.3 is 0 Å². The predicted octanol–water partition coefficient (Wildman–Crippen LogP) is 13.7. The Morgan fingerprint density at radius 3 is 1.39 bits per heavy atom. The van der Waals surface area contributed by atoms with E-state index in [2.05, 4.69) is 86.8 Å². The third kappa shape index (κ3) is 26.7. The van der Waals surface area contributed by atoms with Crippen molar-refractivity contribution in [2.75, 3.05) is 19.5 Å². The summed E-state index contributed by atoms with van der Waals surface area (Å²) in [7, 11) is 0. The van der Waals surface area contributed by atoms with E-state index in [-0.39, 0.29) is 11.9 Å². The molecule has 1 atom stereocenters. The summed E-state index contributed by atoms with van der Waals surface area (Å²) < 4.78 is 18.5. The first-order chi connectivity index (χ1) is 22.8. The summed E-state index contributed by atoms with van der Waals surface area (Å²) in [5.41, 5.74) is 0. The molecule has 0 aromatic carbocycles. The highest BCUT2D eigenvalue weighted by Crippen LogP contribution is 2.35. The topological polar surface area (TPSA) is 27.7 Å².